The molecule has 2 rings (SSSR count). The molecule has 1 heterocycles. The highest BCUT2D eigenvalue weighted by Gasteiger charge is 2.01. The topological polar surface area (TPSA) is 25.8 Å². The van der Waals surface area contributed by atoms with Crippen molar-refractivity contribution in [1.29, 1.82) is 0 Å². The number of hydrogen-bond donors (Lipinski definition) is 0. The molecule has 0 radical (unpaired) electrons. The molecule has 0 saturated heterocycles. The number of aryl methyl sites for hydroxylation is 1. The molecule has 0 aliphatic rings. The third-order valence-electron chi connectivity index (χ3n) is 2.25. The minimum atomic E-state index is 0.488. The molecule has 0 aliphatic heterocycles. The molecule has 1 aromatic carbocycles. The van der Waals surface area contributed by atoms with Crippen LogP contribution in [-0.4, -0.2) is 9.97 Å². The molecule has 0 saturated carbocycles. The summed E-state index contributed by atoms with van der Waals surface area (Å²) in [5.74, 6) is 0.903. The van der Waals surface area contributed by atoms with Crippen LogP contribution in [-0.2, 0) is 5.75 Å². The molecule has 0 N–H and O–H groups in total. The molecule has 0 aliphatic carbocycles. The van der Waals surface area contributed by atoms with E-state index in [9.17, 15) is 0 Å². The van der Waals surface area contributed by atoms with Gasteiger partial charge < -0.3 is 0 Å². The molecule has 4 heteroatoms. The molecule has 0 amide bonds. The maximum Gasteiger partial charge on any atom is 0.133 e. The summed E-state index contributed by atoms with van der Waals surface area (Å²) in [7, 11) is 0. The molecule has 0 unspecified atom stereocenters. The standard InChI is InChI=1S/C12H11ClN2S/c1-9-4-2-3-5-10(9)7-16-12-6-11(13)14-8-15-12/h2-6,8H,7H2,1H3. The van der Waals surface area contributed by atoms with Crippen LogP contribution in [0.3, 0.4) is 0 Å². The average molecular weight is 251 g/mol. The van der Waals surface area contributed by atoms with E-state index in [1.807, 2.05) is 6.07 Å². The number of halogens is 1. The number of rotatable bonds is 3. The zero-order chi connectivity index (χ0) is 11.4. The van der Waals surface area contributed by atoms with Gasteiger partial charge in [0.15, 0.2) is 0 Å². The highest BCUT2D eigenvalue weighted by molar-refractivity contribution is 7.98. The van der Waals surface area contributed by atoms with Gasteiger partial charge in [-0.2, -0.15) is 0 Å². The zero-order valence-corrected chi connectivity index (χ0v) is 10.4. The maximum absolute atomic E-state index is 5.79. The Balaban J connectivity index is 2.05. The smallest absolute Gasteiger partial charge is 0.133 e. The van der Waals surface area contributed by atoms with E-state index in [1.165, 1.54) is 17.5 Å². The molecule has 2 nitrogen and oxygen atoms in total. The van der Waals surface area contributed by atoms with Crippen LogP contribution >= 0.6 is 23.4 Å². The summed E-state index contributed by atoms with van der Waals surface area (Å²) in [4.78, 5) is 8.01. The van der Waals surface area contributed by atoms with E-state index < -0.39 is 0 Å². The van der Waals surface area contributed by atoms with Gasteiger partial charge >= 0.3 is 0 Å². The normalized spacial score (nSPS) is 10.4. The van der Waals surface area contributed by atoms with Crippen molar-refractivity contribution >= 4 is 23.4 Å². The Morgan fingerprint density at radius 2 is 2.06 bits per heavy atom. The van der Waals surface area contributed by atoms with Gasteiger partial charge in [-0.25, -0.2) is 9.97 Å². The zero-order valence-electron chi connectivity index (χ0n) is 8.85. The molecule has 16 heavy (non-hydrogen) atoms. The van der Waals surface area contributed by atoms with Crippen molar-refractivity contribution in [1.82, 2.24) is 9.97 Å². The summed E-state index contributed by atoms with van der Waals surface area (Å²) in [6.07, 6.45) is 1.49. The van der Waals surface area contributed by atoms with Gasteiger partial charge in [0.05, 0.1) is 0 Å². The van der Waals surface area contributed by atoms with E-state index in [0.29, 0.717) is 5.15 Å². The first kappa shape index (κ1) is 11.4. The molecule has 0 bridgehead atoms. The number of benzene rings is 1. The SMILES string of the molecule is Cc1ccccc1CSc1cc(Cl)ncn1. The molecule has 82 valence electrons. The van der Waals surface area contributed by atoms with Crippen molar-refractivity contribution in [2.24, 2.45) is 0 Å². The van der Waals surface area contributed by atoms with Gasteiger partial charge in [0.1, 0.15) is 16.5 Å². The summed E-state index contributed by atoms with van der Waals surface area (Å²) in [5.41, 5.74) is 2.62. The molecule has 0 atom stereocenters. The van der Waals surface area contributed by atoms with E-state index in [4.69, 9.17) is 11.6 Å². The Morgan fingerprint density at radius 1 is 1.25 bits per heavy atom. The van der Waals surface area contributed by atoms with Gasteiger partial charge in [0, 0.05) is 11.8 Å². The highest BCUT2D eigenvalue weighted by Crippen LogP contribution is 2.23. The summed E-state index contributed by atoms with van der Waals surface area (Å²) < 4.78 is 0. The van der Waals surface area contributed by atoms with Gasteiger partial charge in [-0.05, 0) is 18.1 Å². The van der Waals surface area contributed by atoms with Gasteiger partial charge in [-0.15, -0.1) is 11.8 Å². The van der Waals surface area contributed by atoms with E-state index in [-0.39, 0.29) is 0 Å². The predicted molar refractivity (Wildman–Crippen MR) is 67.8 cm³/mol. The quantitative estimate of drug-likeness (QED) is 0.613. The monoisotopic (exact) mass is 250 g/mol. The van der Waals surface area contributed by atoms with E-state index >= 15 is 0 Å². The first-order valence-corrected chi connectivity index (χ1v) is 6.27. The average Bonchev–Trinajstić information content (AvgIpc) is 2.28. The third kappa shape index (κ3) is 2.97. The molecule has 0 fully saturated rings. The number of thioether (sulfide) groups is 1. The van der Waals surface area contributed by atoms with Crippen LogP contribution in [0.25, 0.3) is 0 Å². The molecule has 2 aromatic rings. The Labute approximate surface area is 104 Å². The van der Waals surface area contributed by atoms with Crippen LogP contribution in [0.5, 0.6) is 0 Å². The van der Waals surface area contributed by atoms with E-state index in [1.54, 1.807) is 17.8 Å². The van der Waals surface area contributed by atoms with Crippen molar-refractivity contribution < 1.29 is 0 Å². The largest absolute Gasteiger partial charge is 0.230 e. The van der Waals surface area contributed by atoms with Crippen molar-refractivity contribution in [3.8, 4) is 0 Å². The second-order valence-corrected chi connectivity index (χ2v) is 4.78. The summed E-state index contributed by atoms with van der Waals surface area (Å²) in [5, 5.41) is 1.39. The lowest BCUT2D eigenvalue weighted by Gasteiger charge is -2.04. The highest BCUT2D eigenvalue weighted by atomic mass is 35.5. The van der Waals surface area contributed by atoms with E-state index in [0.717, 1.165) is 10.8 Å². The van der Waals surface area contributed by atoms with Gasteiger partial charge in [0.2, 0.25) is 0 Å². The van der Waals surface area contributed by atoms with Crippen molar-refractivity contribution in [2.75, 3.05) is 0 Å². The lowest BCUT2D eigenvalue weighted by atomic mass is 10.1. The predicted octanol–water partition coefficient (Wildman–Crippen LogP) is 3.73. The fraction of sp³-hybridized carbons (Fsp3) is 0.167. The van der Waals surface area contributed by atoms with Crippen LogP contribution in [0.1, 0.15) is 11.1 Å². The van der Waals surface area contributed by atoms with Gasteiger partial charge in [-0.1, -0.05) is 35.9 Å². The summed E-state index contributed by atoms with van der Waals surface area (Å²) in [6, 6.07) is 10.1. The van der Waals surface area contributed by atoms with Crippen LogP contribution in [0.15, 0.2) is 41.7 Å². The fourth-order valence-corrected chi connectivity index (χ4v) is 2.48. The second-order valence-electron chi connectivity index (χ2n) is 3.39. The second kappa shape index (κ2) is 5.32. The molecular weight excluding hydrogens is 240 g/mol. The first-order chi connectivity index (χ1) is 7.75. The van der Waals surface area contributed by atoms with Crippen molar-refractivity contribution in [2.45, 2.75) is 17.7 Å². The Kier molecular flexibility index (Phi) is 3.80. The summed E-state index contributed by atoms with van der Waals surface area (Å²) >= 11 is 7.46. The fourth-order valence-electron chi connectivity index (χ4n) is 1.32. The minimum Gasteiger partial charge on any atom is -0.230 e. The third-order valence-corrected chi connectivity index (χ3v) is 3.43. The van der Waals surface area contributed by atoms with Crippen LogP contribution in [0, 0.1) is 6.92 Å². The minimum absolute atomic E-state index is 0.488. The lowest BCUT2D eigenvalue weighted by Crippen LogP contribution is -1.87. The first-order valence-electron chi connectivity index (χ1n) is 4.90. The number of aromatic nitrogens is 2. The van der Waals surface area contributed by atoms with Crippen LogP contribution in [0.2, 0.25) is 5.15 Å². The Hall–Kier alpha value is -1.06. The van der Waals surface area contributed by atoms with E-state index in [2.05, 4.69) is 35.1 Å². The molecule has 1 aromatic heterocycles. The summed E-state index contributed by atoms with van der Waals surface area (Å²) in [6.45, 7) is 2.11. The molecular formula is C12H11ClN2S. The Morgan fingerprint density at radius 3 is 2.81 bits per heavy atom. The number of hydrogen-bond acceptors (Lipinski definition) is 3. The Bertz CT molecular complexity index is 488. The maximum atomic E-state index is 5.79. The lowest BCUT2D eigenvalue weighted by molar-refractivity contribution is 1.05. The van der Waals surface area contributed by atoms with Crippen molar-refractivity contribution in [3.05, 3.63) is 52.9 Å². The van der Waals surface area contributed by atoms with Crippen molar-refractivity contribution in [3.63, 3.8) is 0 Å². The van der Waals surface area contributed by atoms with Gasteiger partial charge in [-0.3, -0.25) is 0 Å². The van der Waals surface area contributed by atoms with Crippen LogP contribution in [0.4, 0.5) is 0 Å². The molecule has 0 spiro atoms. The number of nitrogens with zero attached hydrogens (tertiary/aromatic N) is 2. The van der Waals surface area contributed by atoms with Crippen LogP contribution < -0.4 is 0 Å². The van der Waals surface area contributed by atoms with Gasteiger partial charge in [0.25, 0.3) is 0 Å².